The summed E-state index contributed by atoms with van der Waals surface area (Å²) < 4.78 is 5.76. The van der Waals surface area contributed by atoms with E-state index >= 15 is 0 Å². The maximum atomic E-state index is 5.76. The molecule has 0 radical (unpaired) electrons. The first-order valence-corrected chi connectivity index (χ1v) is 7.24. The highest BCUT2D eigenvalue weighted by atomic mass is 16.5. The highest BCUT2D eigenvalue weighted by Crippen LogP contribution is 2.22. The van der Waals surface area contributed by atoms with Gasteiger partial charge < -0.3 is 10.1 Å². The predicted octanol–water partition coefficient (Wildman–Crippen LogP) is 4.64. The number of fused-ring (bicyclic) bond motifs is 1. The van der Waals surface area contributed by atoms with E-state index in [0.717, 1.165) is 18.0 Å². The van der Waals surface area contributed by atoms with Gasteiger partial charge in [0, 0.05) is 17.6 Å². The van der Waals surface area contributed by atoms with Crippen LogP contribution in [0.2, 0.25) is 0 Å². The van der Waals surface area contributed by atoms with Gasteiger partial charge in [0.25, 0.3) is 0 Å². The Labute approximate surface area is 125 Å². The number of aryl methyl sites for hydroxylation is 1. The maximum absolute atomic E-state index is 5.76. The first-order valence-electron chi connectivity index (χ1n) is 7.24. The molecule has 0 bridgehead atoms. The smallest absolute Gasteiger partial charge is 0.119 e. The first kappa shape index (κ1) is 13.5. The Kier molecular flexibility index (Phi) is 4.06. The van der Waals surface area contributed by atoms with E-state index in [-0.39, 0.29) is 0 Å². The minimum atomic E-state index is 0.646. The van der Waals surface area contributed by atoms with Crippen molar-refractivity contribution in [3.05, 3.63) is 72.3 Å². The molecule has 0 unspecified atom stereocenters. The normalized spacial score (nSPS) is 10.5. The van der Waals surface area contributed by atoms with Gasteiger partial charge in [-0.05, 0) is 36.1 Å². The highest BCUT2D eigenvalue weighted by molar-refractivity contribution is 5.93. The van der Waals surface area contributed by atoms with E-state index in [0.29, 0.717) is 6.61 Å². The summed E-state index contributed by atoms with van der Waals surface area (Å²) >= 11 is 0. The van der Waals surface area contributed by atoms with Crippen LogP contribution in [-0.2, 0) is 0 Å². The second-order valence-electron chi connectivity index (χ2n) is 5.12. The summed E-state index contributed by atoms with van der Waals surface area (Å²) in [7, 11) is 0. The zero-order chi connectivity index (χ0) is 14.5. The Morgan fingerprint density at radius 1 is 0.905 bits per heavy atom. The highest BCUT2D eigenvalue weighted by Gasteiger charge is 1.99. The number of hydrogen-bond acceptors (Lipinski definition) is 2. The largest absolute Gasteiger partial charge is 0.492 e. The Bertz CT molecular complexity index is 731. The summed E-state index contributed by atoms with van der Waals surface area (Å²) in [6, 6.07) is 22.8. The summed E-state index contributed by atoms with van der Waals surface area (Å²) in [5.41, 5.74) is 2.37. The van der Waals surface area contributed by atoms with Crippen LogP contribution < -0.4 is 10.1 Å². The second-order valence-corrected chi connectivity index (χ2v) is 5.12. The summed E-state index contributed by atoms with van der Waals surface area (Å²) in [6.07, 6.45) is 0. The molecule has 0 saturated carbocycles. The van der Waals surface area contributed by atoms with Crippen LogP contribution in [0.1, 0.15) is 5.56 Å². The molecule has 0 aliphatic heterocycles. The van der Waals surface area contributed by atoms with E-state index in [1.807, 2.05) is 12.1 Å². The van der Waals surface area contributed by atoms with Crippen LogP contribution in [0.4, 0.5) is 5.69 Å². The molecule has 2 nitrogen and oxygen atoms in total. The molecule has 0 fully saturated rings. The number of nitrogens with one attached hydrogen (secondary N) is 1. The molecule has 106 valence electrons. The molecule has 0 atom stereocenters. The number of rotatable bonds is 5. The fraction of sp³-hybridized carbons (Fsp3) is 0.158. The number of ether oxygens (including phenoxy) is 1. The quantitative estimate of drug-likeness (QED) is 0.686. The molecule has 3 rings (SSSR count). The lowest BCUT2D eigenvalue weighted by molar-refractivity contribution is 0.332. The lowest BCUT2D eigenvalue weighted by Crippen LogP contribution is -2.11. The standard InChI is InChI=1S/C19H19NO/c1-15-6-4-9-17(14-15)21-13-12-20-19-11-5-8-16-7-2-3-10-18(16)19/h2-11,14,20H,12-13H2,1H3. The Morgan fingerprint density at radius 2 is 1.71 bits per heavy atom. The molecule has 0 saturated heterocycles. The molecule has 0 aliphatic rings. The Morgan fingerprint density at radius 3 is 2.62 bits per heavy atom. The van der Waals surface area contributed by atoms with Crippen LogP contribution >= 0.6 is 0 Å². The molecule has 21 heavy (non-hydrogen) atoms. The van der Waals surface area contributed by atoms with Crippen LogP contribution in [0.25, 0.3) is 10.8 Å². The van der Waals surface area contributed by atoms with Crippen molar-refractivity contribution in [3.63, 3.8) is 0 Å². The van der Waals surface area contributed by atoms with Gasteiger partial charge in [-0.15, -0.1) is 0 Å². The number of hydrogen-bond donors (Lipinski definition) is 1. The molecule has 1 N–H and O–H groups in total. The summed E-state index contributed by atoms with van der Waals surface area (Å²) in [5, 5.41) is 5.95. The molecular weight excluding hydrogens is 258 g/mol. The zero-order valence-electron chi connectivity index (χ0n) is 12.2. The third-order valence-corrected chi connectivity index (χ3v) is 3.47. The molecule has 0 spiro atoms. The fourth-order valence-electron chi connectivity index (χ4n) is 2.44. The Balaban J connectivity index is 1.60. The molecule has 0 aliphatic carbocycles. The van der Waals surface area contributed by atoms with Gasteiger partial charge in [0.05, 0.1) is 0 Å². The predicted molar refractivity (Wildman–Crippen MR) is 89.1 cm³/mol. The maximum Gasteiger partial charge on any atom is 0.119 e. The van der Waals surface area contributed by atoms with E-state index in [1.165, 1.54) is 16.3 Å². The summed E-state index contributed by atoms with van der Waals surface area (Å²) in [6.45, 7) is 3.50. The van der Waals surface area contributed by atoms with Crippen LogP contribution in [0.3, 0.4) is 0 Å². The zero-order valence-corrected chi connectivity index (χ0v) is 12.2. The molecule has 3 aromatic carbocycles. The molecule has 0 amide bonds. The third kappa shape index (κ3) is 3.34. The van der Waals surface area contributed by atoms with E-state index < -0.39 is 0 Å². The van der Waals surface area contributed by atoms with Gasteiger partial charge in [-0.2, -0.15) is 0 Å². The van der Waals surface area contributed by atoms with Crippen molar-refractivity contribution >= 4 is 16.5 Å². The van der Waals surface area contributed by atoms with Gasteiger partial charge in [-0.3, -0.25) is 0 Å². The van der Waals surface area contributed by atoms with Crippen molar-refractivity contribution < 1.29 is 4.74 Å². The van der Waals surface area contributed by atoms with Gasteiger partial charge in [-0.25, -0.2) is 0 Å². The molecule has 0 heterocycles. The minimum Gasteiger partial charge on any atom is -0.492 e. The van der Waals surface area contributed by atoms with E-state index in [1.54, 1.807) is 0 Å². The molecule has 0 aromatic heterocycles. The molecule has 3 aromatic rings. The summed E-state index contributed by atoms with van der Waals surface area (Å²) in [5.74, 6) is 0.926. The van der Waals surface area contributed by atoms with Gasteiger partial charge in [0.1, 0.15) is 12.4 Å². The van der Waals surface area contributed by atoms with Crippen LogP contribution in [-0.4, -0.2) is 13.2 Å². The summed E-state index contributed by atoms with van der Waals surface area (Å²) in [4.78, 5) is 0. The molecular formula is C19H19NO. The van der Waals surface area contributed by atoms with Crippen LogP contribution in [0, 0.1) is 6.92 Å². The van der Waals surface area contributed by atoms with Crippen LogP contribution in [0.15, 0.2) is 66.7 Å². The fourth-order valence-corrected chi connectivity index (χ4v) is 2.44. The topological polar surface area (TPSA) is 21.3 Å². The van der Waals surface area contributed by atoms with Gasteiger partial charge >= 0.3 is 0 Å². The Hall–Kier alpha value is -2.48. The number of anilines is 1. The van der Waals surface area contributed by atoms with E-state index in [4.69, 9.17) is 4.74 Å². The monoisotopic (exact) mass is 277 g/mol. The average molecular weight is 277 g/mol. The van der Waals surface area contributed by atoms with Crippen molar-refractivity contribution in [1.82, 2.24) is 0 Å². The van der Waals surface area contributed by atoms with Crippen molar-refractivity contribution in [3.8, 4) is 5.75 Å². The minimum absolute atomic E-state index is 0.646. The van der Waals surface area contributed by atoms with Crippen molar-refractivity contribution in [2.24, 2.45) is 0 Å². The first-order chi connectivity index (χ1) is 10.3. The lowest BCUT2D eigenvalue weighted by atomic mass is 10.1. The van der Waals surface area contributed by atoms with E-state index in [2.05, 4.69) is 66.8 Å². The SMILES string of the molecule is Cc1cccc(OCCNc2cccc3ccccc23)c1. The number of benzene rings is 3. The van der Waals surface area contributed by atoms with Gasteiger partial charge in [0.15, 0.2) is 0 Å². The second kappa shape index (κ2) is 6.31. The van der Waals surface area contributed by atoms with Gasteiger partial charge in [0.2, 0.25) is 0 Å². The average Bonchev–Trinajstić information content (AvgIpc) is 2.52. The third-order valence-electron chi connectivity index (χ3n) is 3.47. The van der Waals surface area contributed by atoms with Gasteiger partial charge in [-0.1, -0.05) is 48.5 Å². The van der Waals surface area contributed by atoms with Crippen molar-refractivity contribution in [2.45, 2.75) is 6.92 Å². The van der Waals surface area contributed by atoms with Crippen molar-refractivity contribution in [1.29, 1.82) is 0 Å². The van der Waals surface area contributed by atoms with Crippen molar-refractivity contribution in [2.75, 3.05) is 18.5 Å². The van der Waals surface area contributed by atoms with E-state index in [9.17, 15) is 0 Å². The lowest BCUT2D eigenvalue weighted by Gasteiger charge is -2.11. The molecule has 2 heteroatoms. The van der Waals surface area contributed by atoms with Crippen LogP contribution in [0.5, 0.6) is 5.75 Å².